The first-order valence-electron chi connectivity index (χ1n) is 11.5. The van der Waals surface area contributed by atoms with Crippen LogP contribution in [0.1, 0.15) is 10.4 Å². The summed E-state index contributed by atoms with van der Waals surface area (Å²) in [6.07, 6.45) is 3.24. The number of H-pyrrole nitrogens is 1. The van der Waals surface area contributed by atoms with E-state index in [1.54, 1.807) is 29.5 Å². The summed E-state index contributed by atoms with van der Waals surface area (Å²) < 4.78 is 29.1. The molecule has 3 aromatic rings. The summed E-state index contributed by atoms with van der Waals surface area (Å²) in [5.41, 5.74) is 1.51. The van der Waals surface area contributed by atoms with Gasteiger partial charge in [0.15, 0.2) is 11.5 Å². The summed E-state index contributed by atoms with van der Waals surface area (Å²) in [5.74, 6) is 5.51. The number of carbonyl (C=O) groups is 1. The fraction of sp³-hybridized carbons (Fsp3) is 0.391. The number of anilines is 3. The van der Waals surface area contributed by atoms with Crippen molar-refractivity contribution >= 4 is 61.4 Å². The standard InChI is InChI=1S/C23H27ClN6O5S/c1-36(2,32)12-5-25-20-17-15(24)13-26-21(17)29-23(28-20)27-16-4-3-14(18-19(16)35-11-10-34-18)22(31)30-6-8-33-9-7-30/h3-4,13H,1,5-12H2,2H3,(H3,25,26,27,28,29). The molecule has 2 aliphatic rings. The fourth-order valence-corrected chi connectivity index (χ4v) is 4.79. The summed E-state index contributed by atoms with van der Waals surface area (Å²) in [4.78, 5) is 27.1. The Morgan fingerprint density at radius 1 is 1.19 bits per heavy atom. The first-order valence-corrected chi connectivity index (χ1v) is 14.1. The van der Waals surface area contributed by atoms with Crippen molar-refractivity contribution < 1.29 is 23.2 Å². The van der Waals surface area contributed by atoms with Crippen LogP contribution in [0, 0.1) is 0 Å². The van der Waals surface area contributed by atoms with E-state index in [4.69, 9.17) is 25.8 Å². The SMILES string of the molecule is C=S(C)(=O)CCNc1nc(Nc2ccc(C(=O)N3CCOCC3)c3c2OCCO3)nc2[nH]cc(Cl)c12. The number of ether oxygens (including phenoxy) is 3. The maximum Gasteiger partial charge on any atom is 0.257 e. The van der Waals surface area contributed by atoms with Gasteiger partial charge in [0.25, 0.3) is 5.91 Å². The van der Waals surface area contributed by atoms with E-state index in [9.17, 15) is 9.00 Å². The summed E-state index contributed by atoms with van der Waals surface area (Å²) in [6, 6.07) is 3.46. The highest BCUT2D eigenvalue weighted by molar-refractivity contribution is 7.99. The Morgan fingerprint density at radius 2 is 1.94 bits per heavy atom. The molecule has 1 fully saturated rings. The molecule has 36 heavy (non-hydrogen) atoms. The Kier molecular flexibility index (Phi) is 6.82. The van der Waals surface area contributed by atoms with Crippen LogP contribution in [0.3, 0.4) is 0 Å². The van der Waals surface area contributed by atoms with Crippen LogP contribution in [0.2, 0.25) is 5.02 Å². The predicted octanol–water partition coefficient (Wildman–Crippen LogP) is 2.36. The highest BCUT2D eigenvalue weighted by atomic mass is 35.5. The van der Waals surface area contributed by atoms with Crippen LogP contribution in [0.15, 0.2) is 18.3 Å². The molecule has 0 aliphatic carbocycles. The average Bonchev–Trinajstić information content (AvgIpc) is 3.24. The Balaban J connectivity index is 1.46. The molecular formula is C23H27ClN6O5S. The van der Waals surface area contributed by atoms with Crippen LogP contribution in [0.25, 0.3) is 11.0 Å². The second-order valence-corrected chi connectivity index (χ2v) is 11.8. The minimum absolute atomic E-state index is 0.130. The van der Waals surface area contributed by atoms with Crippen molar-refractivity contribution in [2.24, 2.45) is 0 Å². The first-order chi connectivity index (χ1) is 17.3. The van der Waals surface area contributed by atoms with E-state index in [1.165, 1.54) is 0 Å². The van der Waals surface area contributed by atoms with Crippen LogP contribution < -0.4 is 20.1 Å². The van der Waals surface area contributed by atoms with Crippen molar-refractivity contribution in [1.29, 1.82) is 0 Å². The maximum atomic E-state index is 13.1. The zero-order valence-corrected chi connectivity index (χ0v) is 21.3. The molecule has 1 amide bonds. The number of fused-ring (bicyclic) bond motifs is 2. The van der Waals surface area contributed by atoms with Crippen LogP contribution in [-0.4, -0.2) is 93.9 Å². The van der Waals surface area contributed by atoms with Gasteiger partial charge in [0.05, 0.1) is 34.9 Å². The maximum absolute atomic E-state index is 13.1. The lowest BCUT2D eigenvalue weighted by molar-refractivity contribution is 0.0298. The Morgan fingerprint density at radius 3 is 2.69 bits per heavy atom. The summed E-state index contributed by atoms with van der Waals surface area (Å²) in [6.45, 7) is 3.15. The van der Waals surface area contributed by atoms with Crippen molar-refractivity contribution in [2.45, 2.75) is 0 Å². The van der Waals surface area contributed by atoms with E-state index < -0.39 is 9.52 Å². The number of aromatic nitrogens is 3. The quantitative estimate of drug-likeness (QED) is 0.391. The third-order valence-corrected chi connectivity index (χ3v) is 7.14. The van der Waals surface area contributed by atoms with Crippen LogP contribution in [0.5, 0.6) is 11.5 Å². The molecule has 192 valence electrons. The number of aromatic amines is 1. The van der Waals surface area contributed by atoms with Gasteiger partial charge in [0.2, 0.25) is 5.95 Å². The van der Waals surface area contributed by atoms with Crippen molar-refractivity contribution in [3.05, 3.63) is 28.9 Å². The highest BCUT2D eigenvalue weighted by Gasteiger charge is 2.28. The second-order valence-electron chi connectivity index (χ2n) is 8.62. The molecule has 0 bridgehead atoms. The minimum Gasteiger partial charge on any atom is -0.485 e. The molecular weight excluding hydrogens is 508 g/mol. The number of nitrogens with one attached hydrogen (secondary N) is 3. The van der Waals surface area contributed by atoms with Gasteiger partial charge >= 0.3 is 0 Å². The molecule has 3 N–H and O–H groups in total. The molecule has 0 radical (unpaired) electrons. The molecule has 1 saturated heterocycles. The Hall–Kier alpha value is -3.22. The lowest BCUT2D eigenvalue weighted by atomic mass is 10.1. The van der Waals surface area contributed by atoms with Crippen molar-refractivity contribution in [3.63, 3.8) is 0 Å². The van der Waals surface area contributed by atoms with E-state index in [-0.39, 0.29) is 11.9 Å². The number of hydrogen-bond donors (Lipinski definition) is 3. The molecule has 4 heterocycles. The summed E-state index contributed by atoms with van der Waals surface area (Å²) >= 11 is 6.34. The summed E-state index contributed by atoms with van der Waals surface area (Å²) in [7, 11) is -2.16. The van der Waals surface area contributed by atoms with Gasteiger partial charge in [0, 0.05) is 37.8 Å². The van der Waals surface area contributed by atoms with Crippen molar-refractivity contribution in [3.8, 4) is 11.5 Å². The zero-order valence-electron chi connectivity index (χ0n) is 19.8. The number of nitrogens with zero attached hydrogens (tertiary/aromatic N) is 3. The van der Waals surface area contributed by atoms with Crippen molar-refractivity contribution in [2.75, 3.05) is 68.7 Å². The monoisotopic (exact) mass is 534 g/mol. The Labute approximate surface area is 213 Å². The van der Waals surface area contributed by atoms with Crippen LogP contribution in [-0.2, 0) is 14.3 Å². The fourth-order valence-electron chi connectivity index (χ4n) is 4.03. The lowest BCUT2D eigenvalue weighted by Crippen LogP contribution is -2.41. The molecule has 11 nitrogen and oxygen atoms in total. The molecule has 1 aromatic carbocycles. The lowest BCUT2D eigenvalue weighted by Gasteiger charge is -2.29. The topological polar surface area (TPSA) is 131 Å². The number of benzene rings is 1. The molecule has 0 spiro atoms. The molecule has 2 aliphatic heterocycles. The molecule has 0 saturated carbocycles. The van der Waals surface area contributed by atoms with Gasteiger partial charge in [-0.2, -0.15) is 9.97 Å². The smallest absolute Gasteiger partial charge is 0.257 e. The van der Waals surface area contributed by atoms with Gasteiger partial charge < -0.3 is 34.7 Å². The molecule has 1 unspecified atom stereocenters. The van der Waals surface area contributed by atoms with Gasteiger partial charge in [-0.25, -0.2) is 0 Å². The van der Waals surface area contributed by atoms with E-state index in [2.05, 4.69) is 31.5 Å². The zero-order chi connectivity index (χ0) is 25.3. The Bertz CT molecular complexity index is 1400. The summed E-state index contributed by atoms with van der Waals surface area (Å²) in [5, 5.41) is 7.46. The van der Waals surface area contributed by atoms with E-state index >= 15 is 0 Å². The number of hydrogen-bond acceptors (Lipinski definition) is 9. The molecule has 13 heteroatoms. The van der Waals surface area contributed by atoms with Crippen molar-refractivity contribution in [1.82, 2.24) is 19.9 Å². The van der Waals surface area contributed by atoms with E-state index in [0.717, 1.165) is 0 Å². The van der Waals surface area contributed by atoms with Crippen LogP contribution >= 0.6 is 11.6 Å². The van der Waals surface area contributed by atoms with Gasteiger partial charge in [-0.1, -0.05) is 11.6 Å². The van der Waals surface area contributed by atoms with Gasteiger partial charge in [-0.15, -0.1) is 0 Å². The average molecular weight is 535 g/mol. The number of amides is 1. The number of morpholine rings is 1. The molecule has 2 aromatic heterocycles. The molecule has 1 atom stereocenters. The minimum atomic E-state index is -2.16. The van der Waals surface area contributed by atoms with Crippen LogP contribution in [0.4, 0.5) is 17.5 Å². The first kappa shape index (κ1) is 24.5. The number of rotatable bonds is 7. The third-order valence-electron chi connectivity index (χ3n) is 5.77. The second kappa shape index (κ2) is 10.0. The van der Waals surface area contributed by atoms with E-state index in [0.29, 0.717) is 96.4 Å². The van der Waals surface area contributed by atoms with Gasteiger partial charge in [-0.05, 0) is 27.5 Å². The highest BCUT2D eigenvalue weighted by Crippen LogP contribution is 2.42. The molecule has 5 rings (SSSR count). The number of halogens is 1. The largest absolute Gasteiger partial charge is 0.485 e. The van der Waals surface area contributed by atoms with E-state index in [1.807, 2.05) is 0 Å². The van der Waals surface area contributed by atoms with Gasteiger partial charge in [-0.3, -0.25) is 9.00 Å². The number of carbonyl (C=O) groups excluding carboxylic acids is 1. The predicted molar refractivity (Wildman–Crippen MR) is 141 cm³/mol. The normalized spacial score (nSPS) is 17.0. The third kappa shape index (κ3) is 5.15. The van der Waals surface area contributed by atoms with Gasteiger partial charge in [0.1, 0.15) is 24.7 Å².